The fraction of sp³-hybridized carbons (Fsp3) is 0.240. The molecule has 0 fully saturated rings. The largest absolute Gasteiger partial charge is 0.480 e. The zero-order valence-corrected chi connectivity index (χ0v) is 19.5. The molecular weight excluding hydrogens is 460 g/mol. The smallest absolute Gasteiger partial charge is 0.343 e. The molecule has 0 unspecified atom stereocenters. The van der Waals surface area contributed by atoms with Crippen molar-refractivity contribution in [3.63, 3.8) is 0 Å². The summed E-state index contributed by atoms with van der Waals surface area (Å²) >= 11 is 6.28. The Hall–Kier alpha value is -3.78. The van der Waals surface area contributed by atoms with Gasteiger partial charge >= 0.3 is 5.97 Å². The molecule has 2 aliphatic rings. The van der Waals surface area contributed by atoms with Gasteiger partial charge in [0.15, 0.2) is 0 Å². The first kappa shape index (κ1) is 23.4. The summed E-state index contributed by atoms with van der Waals surface area (Å²) in [5.41, 5.74) is 2.55. The predicted octanol–water partition coefficient (Wildman–Crippen LogP) is 4.70. The topological polar surface area (TPSA) is 96.0 Å². The van der Waals surface area contributed by atoms with Crippen LogP contribution in [0.15, 0.2) is 66.0 Å². The average Bonchev–Trinajstić information content (AvgIpc) is 2.86. The number of allylic oxidation sites excluding steroid dienone is 4. The van der Waals surface area contributed by atoms with Gasteiger partial charge in [0.25, 0.3) is 5.91 Å². The summed E-state index contributed by atoms with van der Waals surface area (Å²) in [5.74, 6) is -0.304. The number of rotatable bonds is 7. The molecule has 9 heteroatoms. The van der Waals surface area contributed by atoms with E-state index in [4.69, 9.17) is 30.5 Å². The fourth-order valence-electron chi connectivity index (χ4n) is 3.68. The van der Waals surface area contributed by atoms with E-state index in [1.807, 2.05) is 12.2 Å². The molecule has 4 rings (SSSR count). The molecule has 8 nitrogen and oxygen atoms in total. The highest BCUT2D eigenvalue weighted by Gasteiger charge is 2.21. The molecule has 176 valence electrons. The minimum Gasteiger partial charge on any atom is -0.480 e. The van der Waals surface area contributed by atoms with E-state index in [1.54, 1.807) is 18.2 Å². The zero-order valence-electron chi connectivity index (χ0n) is 18.7. The van der Waals surface area contributed by atoms with Crippen molar-refractivity contribution in [3.8, 4) is 5.88 Å². The number of pyridine rings is 1. The standard InChI is InChI=1S/C25H23ClN2O6/c1-31-24-20(25(30)32-2)11-16-9-18(26)10-17(22(16)28-24)12-27-23(29)21-14-33-13-19(34-21)8-15-6-4-3-5-7-15/h3-4,6,9-11,13-14H,5,7-8,12H2,1-2H3,(H,27,29). The van der Waals surface area contributed by atoms with E-state index >= 15 is 0 Å². The molecule has 1 aliphatic heterocycles. The molecule has 0 bridgehead atoms. The molecule has 1 aromatic carbocycles. The number of fused-ring (bicyclic) bond motifs is 1. The third-order valence-electron chi connectivity index (χ3n) is 5.31. The van der Waals surface area contributed by atoms with Crippen LogP contribution >= 0.6 is 11.6 Å². The molecule has 2 heterocycles. The number of carbonyl (C=O) groups is 2. The monoisotopic (exact) mass is 482 g/mol. The molecule has 0 spiro atoms. The summed E-state index contributed by atoms with van der Waals surface area (Å²) in [6.07, 6.45) is 11.4. The molecule has 1 amide bonds. The number of methoxy groups -OCH3 is 2. The number of amides is 1. The summed E-state index contributed by atoms with van der Waals surface area (Å²) in [4.78, 5) is 29.3. The van der Waals surface area contributed by atoms with Crippen LogP contribution in [0, 0.1) is 0 Å². The van der Waals surface area contributed by atoms with Gasteiger partial charge in [0.1, 0.15) is 23.8 Å². The van der Waals surface area contributed by atoms with Gasteiger partial charge in [-0.25, -0.2) is 9.78 Å². The summed E-state index contributed by atoms with van der Waals surface area (Å²) in [7, 11) is 2.69. The Morgan fingerprint density at radius 3 is 2.79 bits per heavy atom. The number of carbonyl (C=O) groups excluding carboxylic acids is 2. The van der Waals surface area contributed by atoms with E-state index in [-0.39, 0.29) is 23.7 Å². The second kappa shape index (κ2) is 10.4. The number of esters is 1. The number of hydrogen-bond donors (Lipinski definition) is 1. The first-order valence-corrected chi connectivity index (χ1v) is 11.0. The number of nitrogens with zero attached hydrogens (tertiary/aromatic N) is 1. The maximum atomic E-state index is 12.8. The lowest BCUT2D eigenvalue weighted by atomic mass is 10.0. The van der Waals surface area contributed by atoms with Crippen molar-refractivity contribution in [1.29, 1.82) is 0 Å². The molecule has 0 saturated heterocycles. The van der Waals surface area contributed by atoms with Crippen LogP contribution in [0.1, 0.15) is 35.2 Å². The number of halogens is 1. The van der Waals surface area contributed by atoms with E-state index in [2.05, 4.69) is 16.4 Å². The highest BCUT2D eigenvalue weighted by molar-refractivity contribution is 6.31. The molecular formula is C25H23ClN2O6. The van der Waals surface area contributed by atoms with Gasteiger partial charge in [-0.1, -0.05) is 35.4 Å². The van der Waals surface area contributed by atoms with Crippen molar-refractivity contribution in [2.45, 2.75) is 25.8 Å². The Morgan fingerprint density at radius 2 is 2.06 bits per heavy atom. The normalized spacial score (nSPS) is 14.9. The van der Waals surface area contributed by atoms with Crippen molar-refractivity contribution >= 4 is 34.4 Å². The number of ether oxygens (including phenoxy) is 4. The molecule has 1 aromatic heterocycles. The van der Waals surface area contributed by atoms with Crippen molar-refractivity contribution in [2.24, 2.45) is 0 Å². The van der Waals surface area contributed by atoms with Crippen LogP contribution < -0.4 is 10.1 Å². The summed E-state index contributed by atoms with van der Waals surface area (Å²) in [5, 5.41) is 3.83. The lowest BCUT2D eigenvalue weighted by molar-refractivity contribution is -0.120. The lowest BCUT2D eigenvalue weighted by Crippen LogP contribution is -2.26. The van der Waals surface area contributed by atoms with Gasteiger partial charge in [-0.3, -0.25) is 4.79 Å². The number of hydrogen-bond acceptors (Lipinski definition) is 7. The van der Waals surface area contributed by atoms with Crippen molar-refractivity contribution in [3.05, 3.63) is 82.2 Å². The highest BCUT2D eigenvalue weighted by Crippen LogP contribution is 2.29. The molecule has 0 atom stereocenters. The first-order valence-electron chi connectivity index (χ1n) is 10.6. The fourth-order valence-corrected chi connectivity index (χ4v) is 3.92. The van der Waals surface area contributed by atoms with Crippen LogP contribution in [-0.4, -0.2) is 31.1 Å². The van der Waals surface area contributed by atoms with Gasteiger partial charge in [0, 0.05) is 23.4 Å². The van der Waals surface area contributed by atoms with Crippen molar-refractivity contribution in [1.82, 2.24) is 10.3 Å². The molecule has 1 aliphatic carbocycles. The Balaban J connectivity index is 1.49. The average molecular weight is 483 g/mol. The Kier molecular flexibility index (Phi) is 7.18. The quantitative estimate of drug-likeness (QED) is 0.571. The van der Waals surface area contributed by atoms with Crippen LogP contribution in [0.2, 0.25) is 5.02 Å². The number of nitrogens with one attached hydrogen (secondary N) is 1. The third-order valence-corrected chi connectivity index (χ3v) is 5.52. The maximum Gasteiger partial charge on any atom is 0.343 e. The van der Waals surface area contributed by atoms with Gasteiger partial charge in [0.05, 0.1) is 19.7 Å². The predicted molar refractivity (Wildman–Crippen MR) is 126 cm³/mol. The van der Waals surface area contributed by atoms with Crippen molar-refractivity contribution in [2.75, 3.05) is 14.2 Å². The van der Waals surface area contributed by atoms with Crippen LogP contribution in [0.4, 0.5) is 0 Å². The van der Waals surface area contributed by atoms with Gasteiger partial charge in [-0.05, 0) is 36.6 Å². The molecule has 0 radical (unpaired) electrons. The molecule has 0 saturated carbocycles. The SMILES string of the molecule is COC(=O)c1cc2cc(Cl)cc(CNC(=O)C3=COC=C(CC4=CC=CCC4)O3)c2nc1OC. The number of benzene rings is 1. The summed E-state index contributed by atoms with van der Waals surface area (Å²) in [6.45, 7) is 0.110. The lowest BCUT2D eigenvalue weighted by Gasteiger charge is -2.18. The van der Waals surface area contributed by atoms with Crippen molar-refractivity contribution < 1.29 is 28.5 Å². The maximum absolute atomic E-state index is 12.8. The Labute approximate surface area is 201 Å². The minimum atomic E-state index is -0.577. The van der Waals surface area contributed by atoms with Crippen LogP contribution in [0.25, 0.3) is 10.9 Å². The molecule has 34 heavy (non-hydrogen) atoms. The van der Waals surface area contributed by atoms with Gasteiger partial charge in [0.2, 0.25) is 11.6 Å². The van der Waals surface area contributed by atoms with E-state index in [0.717, 1.165) is 12.8 Å². The summed E-state index contributed by atoms with van der Waals surface area (Å²) in [6, 6.07) is 4.96. The second-order valence-electron chi connectivity index (χ2n) is 7.63. The van der Waals surface area contributed by atoms with E-state index in [1.165, 1.54) is 32.3 Å². The molecule has 2 aromatic rings. The minimum absolute atomic E-state index is 0.0503. The zero-order chi connectivity index (χ0) is 24.1. The van der Waals surface area contributed by atoms with Crippen LogP contribution in [0.5, 0.6) is 5.88 Å². The van der Waals surface area contributed by atoms with Crippen LogP contribution in [0.3, 0.4) is 0 Å². The Bertz CT molecular complexity index is 1260. The molecule has 1 N–H and O–H groups in total. The van der Waals surface area contributed by atoms with E-state index < -0.39 is 11.9 Å². The number of aromatic nitrogens is 1. The van der Waals surface area contributed by atoms with E-state index in [9.17, 15) is 9.59 Å². The van der Waals surface area contributed by atoms with Gasteiger partial charge in [-0.15, -0.1) is 0 Å². The first-order chi connectivity index (χ1) is 16.5. The van der Waals surface area contributed by atoms with Gasteiger partial charge in [-0.2, -0.15) is 0 Å². The summed E-state index contributed by atoms with van der Waals surface area (Å²) < 4.78 is 21.1. The van der Waals surface area contributed by atoms with Gasteiger partial charge < -0.3 is 24.3 Å². The van der Waals surface area contributed by atoms with Crippen LogP contribution in [-0.2, 0) is 25.5 Å². The third kappa shape index (κ3) is 5.23. The Morgan fingerprint density at radius 1 is 1.21 bits per heavy atom. The van der Waals surface area contributed by atoms with E-state index in [0.29, 0.717) is 33.7 Å². The second-order valence-corrected chi connectivity index (χ2v) is 8.07. The highest BCUT2D eigenvalue weighted by atomic mass is 35.5.